The maximum atomic E-state index is 13.8. The lowest BCUT2D eigenvalue weighted by atomic mass is 10.1. The minimum atomic E-state index is -0.759. The van der Waals surface area contributed by atoms with E-state index in [9.17, 15) is 14.5 Å². The molecule has 7 heteroatoms. The number of ether oxygens (including phenoxy) is 1. The van der Waals surface area contributed by atoms with Crippen molar-refractivity contribution < 1.29 is 14.1 Å². The number of thioether (sulfide) groups is 1. The van der Waals surface area contributed by atoms with Crippen LogP contribution >= 0.6 is 11.8 Å². The van der Waals surface area contributed by atoms with Crippen LogP contribution in [0.15, 0.2) is 18.2 Å². The first-order chi connectivity index (χ1) is 11.1. The van der Waals surface area contributed by atoms with Gasteiger partial charge in [-0.1, -0.05) is 6.07 Å². The van der Waals surface area contributed by atoms with Gasteiger partial charge in [0.1, 0.15) is 0 Å². The number of rotatable bonds is 6. The summed E-state index contributed by atoms with van der Waals surface area (Å²) in [4.78, 5) is 12.4. The minimum absolute atomic E-state index is 0.253. The van der Waals surface area contributed by atoms with E-state index >= 15 is 0 Å². The first-order valence-electron chi connectivity index (χ1n) is 7.99. The standard InChI is InChI=1S/C16H21FN2O3S/c17-15-8-12(3-4-16(15)19(20)21)9-18(13-5-7-23-11-13)10-14-2-1-6-22-14/h3-4,8,13-14H,1-2,5-7,9-11H2/t13-,14-/m0/s1. The topological polar surface area (TPSA) is 55.6 Å². The Morgan fingerprint density at radius 3 is 2.91 bits per heavy atom. The molecule has 0 saturated carbocycles. The van der Waals surface area contributed by atoms with Gasteiger partial charge in [-0.05, 0) is 36.6 Å². The fraction of sp³-hybridized carbons (Fsp3) is 0.625. The average Bonchev–Trinajstić information content (AvgIpc) is 3.20. The van der Waals surface area contributed by atoms with Crippen molar-refractivity contribution in [2.24, 2.45) is 0 Å². The highest BCUT2D eigenvalue weighted by atomic mass is 32.2. The van der Waals surface area contributed by atoms with E-state index in [-0.39, 0.29) is 6.10 Å². The van der Waals surface area contributed by atoms with Gasteiger partial charge in [0.05, 0.1) is 11.0 Å². The van der Waals surface area contributed by atoms with Gasteiger partial charge >= 0.3 is 5.69 Å². The quantitative estimate of drug-likeness (QED) is 0.588. The molecule has 0 aromatic heterocycles. The van der Waals surface area contributed by atoms with Gasteiger partial charge in [0.25, 0.3) is 0 Å². The minimum Gasteiger partial charge on any atom is -0.377 e. The van der Waals surface area contributed by atoms with E-state index < -0.39 is 16.4 Å². The average molecular weight is 340 g/mol. The summed E-state index contributed by atoms with van der Waals surface area (Å²) >= 11 is 1.94. The normalized spacial score (nSPS) is 24.4. The Labute approximate surface area is 139 Å². The van der Waals surface area contributed by atoms with Gasteiger partial charge in [-0.3, -0.25) is 15.0 Å². The largest absolute Gasteiger partial charge is 0.377 e. The Balaban J connectivity index is 1.71. The molecule has 2 aliphatic rings. The van der Waals surface area contributed by atoms with Crippen LogP contribution in [-0.2, 0) is 11.3 Å². The zero-order valence-corrected chi connectivity index (χ0v) is 13.8. The summed E-state index contributed by atoms with van der Waals surface area (Å²) in [5.41, 5.74) is 0.318. The van der Waals surface area contributed by atoms with E-state index in [2.05, 4.69) is 4.90 Å². The lowest BCUT2D eigenvalue weighted by Crippen LogP contribution is -2.40. The smallest absolute Gasteiger partial charge is 0.304 e. The highest BCUT2D eigenvalue weighted by Crippen LogP contribution is 2.27. The number of benzene rings is 1. The summed E-state index contributed by atoms with van der Waals surface area (Å²) in [6, 6.07) is 4.69. The molecular weight excluding hydrogens is 319 g/mol. The van der Waals surface area contributed by atoms with Crippen LogP contribution in [0.4, 0.5) is 10.1 Å². The zero-order chi connectivity index (χ0) is 16.2. The third-order valence-electron chi connectivity index (χ3n) is 4.48. The van der Waals surface area contributed by atoms with E-state index in [1.54, 1.807) is 6.07 Å². The van der Waals surface area contributed by atoms with Crippen LogP contribution in [-0.4, -0.2) is 46.6 Å². The number of halogens is 1. The van der Waals surface area contributed by atoms with Crippen molar-refractivity contribution in [2.75, 3.05) is 24.7 Å². The molecule has 0 aliphatic carbocycles. The van der Waals surface area contributed by atoms with E-state index in [1.165, 1.54) is 12.1 Å². The molecule has 0 unspecified atom stereocenters. The zero-order valence-electron chi connectivity index (χ0n) is 12.9. The van der Waals surface area contributed by atoms with Crippen LogP contribution < -0.4 is 0 Å². The van der Waals surface area contributed by atoms with E-state index in [0.717, 1.165) is 49.5 Å². The first kappa shape index (κ1) is 16.7. The van der Waals surface area contributed by atoms with Gasteiger partial charge in [-0.15, -0.1) is 0 Å². The molecular formula is C16H21FN2O3S. The van der Waals surface area contributed by atoms with Gasteiger partial charge in [-0.25, -0.2) is 0 Å². The van der Waals surface area contributed by atoms with Gasteiger partial charge in [0.2, 0.25) is 5.82 Å². The first-order valence-corrected chi connectivity index (χ1v) is 9.15. The molecule has 1 aromatic rings. The summed E-state index contributed by atoms with van der Waals surface area (Å²) in [5, 5.41) is 10.7. The molecule has 0 bridgehead atoms. The molecule has 126 valence electrons. The SMILES string of the molecule is O=[N+]([O-])c1ccc(CN(C[C@@H]2CCCO2)[C@H]2CCSC2)cc1F. The molecule has 1 aromatic carbocycles. The Kier molecular flexibility index (Phi) is 5.50. The fourth-order valence-electron chi connectivity index (χ4n) is 3.23. The van der Waals surface area contributed by atoms with Gasteiger partial charge in [-0.2, -0.15) is 16.2 Å². The maximum Gasteiger partial charge on any atom is 0.304 e. The van der Waals surface area contributed by atoms with Crippen LogP contribution in [0.3, 0.4) is 0 Å². The van der Waals surface area contributed by atoms with Crippen LogP contribution in [0, 0.1) is 15.9 Å². The predicted octanol–water partition coefficient (Wildman–Crippen LogP) is 3.22. The molecule has 2 fully saturated rings. The van der Waals surface area contributed by atoms with Crippen molar-refractivity contribution >= 4 is 17.4 Å². The molecule has 3 rings (SSSR count). The monoisotopic (exact) mass is 340 g/mol. The Morgan fingerprint density at radius 2 is 2.30 bits per heavy atom. The van der Waals surface area contributed by atoms with Crippen LogP contribution in [0.1, 0.15) is 24.8 Å². The van der Waals surface area contributed by atoms with E-state index in [4.69, 9.17) is 4.74 Å². The Bertz CT molecular complexity index is 560. The Hall–Kier alpha value is -1.18. The second-order valence-electron chi connectivity index (χ2n) is 6.12. The van der Waals surface area contributed by atoms with Gasteiger partial charge in [0.15, 0.2) is 0 Å². The summed E-state index contributed by atoms with van der Waals surface area (Å²) in [6.45, 7) is 2.29. The molecule has 0 spiro atoms. The van der Waals surface area contributed by atoms with Gasteiger partial charge < -0.3 is 4.74 Å². The molecule has 23 heavy (non-hydrogen) atoms. The van der Waals surface area contributed by atoms with Crippen molar-refractivity contribution in [1.29, 1.82) is 0 Å². The number of hydrogen-bond donors (Lipinski definition) is 0. The summed E-state index contributed by atoms with van der Waals surface area (Å²) in [7, 11) is 0. The van der Waals surface area contributed by atoms with Gasteiger partial charge in [0, 0.05) is 37.6 Å². The molecule has 2 aliphatic heterocycles. The Morgan fingerprint density at radius 1 is 1.43 bits per heavy atom. The number of nitro groups is 1. The highest BCUT2D eigenvalue weighted by molar-refractivity contribution is 7.99. The lowest BCUT2D eigenvalue weighted by molar-refractivity contribution is -0.387. The van der Waals surface area contributed by atoms with Crippen molar-refractivity contribution in [3.8, 4) is 0 Å². The lowest BCUT2D eigenvalue weighted by Gasteiger charge is -2.30. The number of hydrogen-bond acceptors (Lipinski definition) is 5. The summed E-state index contributed by atoms with van der Waals surface area (Å²) in [5.74, 6) is 1.48. The maximum absolute atomic E-state index is 13.8. The van der Waals surface area contributed by atoms with Crippen molar-refractivity contribution in [2.45, 2.75) is 38.0 Å². The summed E-state index contributed by atoms with van der Waals surface area (Å²) < 4.78 is 19.6. The molecule has 2 atom stereocenters. The second kappa shape index (κ2) is 7.59. The number of nitro benzene ring substituents is 1. The highest BCUT2D eigenvalue weighted by Gasteiger charge is 2.27. The van der Waals surface area contributed by atoms with Crippen LogP contribution in [0.5, 0.6) is 0 Å². The predicted molar refractivity (Wildman–Crippen MR) is 88.2 cm³/mol. The van der Waals surface area contributed by atoms with Crippen LogP contribution in [0.25, 0.3) is 0 Å². The summed E-state index contributed by atoms with van der Waals surface area (Å²) in [6.07, 6.45) is 3.56. The molecule has 5 nitrogen and oxygen atoms in total. The van der Waals surface area contributed by atoms with Crippen molar-refractivity contribution in [3.63, 3.8) is 0 Å². The molecule has 2 heterocycles. The fourth-order valence-corrected chi connectivity index (χ4v) is 4.49. The van der Waals surface area contributed by atoms with Crippen molar-refractivity contribution in [1.82, 2.24) is 4.90 Å². The third-order valence-corrected chi connectivity index (χ3v) is 5.62. The number of nitrogens with zero attached hydrogens (tertiary/aromatic N) is 2. The molecule has 0 radical (unpaired) electrons. The van der Waals surface area contributed by atoms with Crippen LogP contribution in [0.2, 0.25) is 0 Å². The second-order valence-corrected chi connectivity index (χ2v) is 7.27. The molecule has 2 saturated heterocycles. The van der Waals surface area contributed by atoms with E-state index in [1.807, 2.05) is 11.8 Å². The molecule has 0 amide bonds. The molecule has 0 N–H and O–H groups in total. The van der Waals surface area contributed by atoms with E-state index in [0.29, 0.717) is 12.6 Å². The van der Waals surface area contributed by atoms with Crippen molar-refractivity contribution in [3.05, 3.63) is 39.7 Å². The third kappa shape index (κ3) is 4.22.